The number of nitrogens with zero attached hydrogens (tertiary/aromatic N) is 2. The molecule has 9 nitrogen and oxygen atoms in total. The predicted molar refractivity (Wildman–Crippen MR) is 168 cm³/mol. The lowest BCUT2D eigenvalue weighted by molar-refractivity contribution is -0.140. The molecular formula is C33H41N3O6S. The van der Waals surface area contributed by atoms with E-state index in [2.05, 4.69) is 5.32 Å². The van der Waals surface area contributed by atoms with Crippen LogP contribution in [0.25, 0.3) is 0 Å². The van der Waals surface area contributed by atoms with Crippen LogP contribution in [-0.4, -0.2) is 64.2 Å². The molecule has 4 rings (SSSR count). The van der Waals surface area contributed by atoms with Crippen LogP contribution >= 0.6 is 0 Å². The maximum absolute atomic E-state index is 14.4. The van der Waals surface area contributed by atoms with Gasteiger partial charge in [-0.15, -0.1) is 0 Å². The van der Waals surface area contributed by atoms with Gasteiger partial charge in [0.05, 0.1) is 26.2 Å². The summed E-state index contributed by atoms with van der Waals surface area (Å²) in [5.41, 5.74) is 2.91. The molecule has 0 aromatic heterocycles. The second-order valence-electron chi connectivity index (χ2n) is 11.0. The molecule has 0 spiro atoms. The lowest BCUT2D eigenvalue weighted by atomic mass is 10.0. The van der Waals surface area contributed by atoms with Crippen LogP contribution in [0.3, 0.4) is 0 Å². The number of amides is 2. The van der Waals surface area contributed by atoms with E-state index in [0.29, 0.717) is 5.75 Å². The van der Waals surface area contributed by atoms with Gasteiger partial charge in [0, 0.05) is 25.1 Å². The number of hydrogen-bond acceptors (Lipinski definition) is 6. The Labute approximate surface area is 254 Å². The van der Waals surface area contributed by atoms with Crippen molar-refractivity contribution in [2.45, 2.75) is 57.7 Å². The third-order valence-electron chi connectivity index (χ3n) is 7.74. The van der Waals surface area contributed by atoms with Gasteiger partial charge >= 0.3 is 0 Å². The Balaban J connectivity index is 1.76. The smallest absolute Gasteiger partial charge is 0.244 e. The van der Waals surface area contributed by atoms with E-state index in [4.69, 9.17) is 9.47 Å². The Bertz CT molecular complexity index is 1510. The molecule has 0 radical (unpaired) electrons. The zero-order valence-electron chi connectivity index (χ0n) is 25.3. The summed E-state index contributed by atoms with van der Waals surface area (Å²) in [6.07, 6.45) is 5.20. The van der Waals surface area contributed by atoms with Crippen LogP contribution in [-0.2, 0) is 32.6 Å². The van der Waals surface area contributed by atoms with Crippen LogP contribution in [0.5, 0.6) is 11.5 Å². The molecule has 1 aliphatic rings. The second-order valence-corrected chi connectivity index (χ2v) is 12.9. The van der Waals surface area contributed by atoms with Crippen molar-refractivity contribution in [3.8, 4) is 11.5 Å². The SMILES string of the molecule is COc1ccc(OC)c(N(CC(=O)N(Cc2cccc(C)c2)C(Cc2ccccc2)C(=O)NC2CCCC2)S(C)(=O)=O)c1. The Morgan fingerprint density at radius 3 is 2.26 bits per heavy atom. The molecule has 0 heterocycles. The van der Waals surface area contributed by atoms with Gasteiger partial charge in [0.2, 0.25) is 21.8 Å². The van der Waals surface area contributed by atoms with E-state index < -0.39 is 28.5 Å². The lowest BCUT2D eigenvalue weighted by Gasteiger charge is -2.34. The first-order chi connectivity index (χ1) is 20.6. The molecule has 230 valence electrons. The van der Waals surface area contributed by atoms with Crippen molar-refractivity contribution in [3.05, 3.63) is 89.5 Å². The first kappa shape index (κ1) is 31.9. The zero-order chi connectivity index (χ0) is 31.0. The number of hydrogen-bond donors (Lipinski definition) is 1. The number of carbonyl (C=O) groups excluding carboxylic acids is 2. The minimum atomic E-state index is -3.96. The fourth-order valence-corrected chi connectivity index (χ4v) is 6.36. The van der Waals surface area contributed by atoms with Gasteiger partial charge in [0.1, 0.15) is 24.1 Å². The summed E-state index contributed by atoms with van der Waals surface area (Å²) < 4.78 is 38.1. The fourth-order valence-electron chi connectivity index (χ4n) is 5.52. The first-order valence-corrected chi connectivity index (χ1v) is 16.3. The van der Waals surface area contributed by atoms with Crippen molar-refractivity contribution in [3.63, 3.8) is 0 Å². The van der Waals surface area contributed by atoms with Crippen molar-refractivity contribution in [2.24, 2.45) is 0 Å². The molecular weight excluding hydrogens is 566 g/mol. The van der Waals surface area contributed by atoms with Gasteiger partial charge in [-0.3, -0.25) is 13.9 Å². The largest absolute Gasteiger partial charge is 0.497 e. The van der Waals surface area contributed by atoms with E-state index in [1.54, 1.807) is 12.1 Å². The Morgan fingerprint density at radius 1 is 0.930 bits per heavy atom. The number of aryl methyl sites for hydroxylation is 1. The lowest BCUT2D eigenvalue weighted by Crippen LogP contribution is -2.54. The molecule has 43 heavy (non-hydrogen) atoms. The highest BCUT2D eigenvalue weighted by molar-refractivity contribution is 7.92. The summed E-state index contributed by atoms with van der Waals surface area (Å²) in [4.78, 5) is 29.8. The molecule has 1 atom stereocenters. The zero-order valence-corrected chi connectivity index (χ0v) is 26.1. The molecule has 10 heteroatoms. The Kier molecular flexibility index (Phi) is 10.7. The molecule has 3 aromatic carbocycles. The van der Waals surface area contributed by atoms with Gasteiger partial charge in [-0.25, -0.2) is 8.42 Å². The second kappa shape index (κ2) is 14.4. The third-order valence-corrected chi connectivity index (χ3v) is 8.87. The highest BCUT2D eigenvalue weighted by Crippen LogP contribution is 2.34. The maximum Gasteiger partial charge on any atom is 0.244 e. The molecule has 1 aliphatic carbocycles. The van der Waals surface area contributed by atoms with Crippen LogP contribution in [0.1, 0.15) is 42.4 Å². The average molecular weight is 608 g/mol. The van der Waals surface area contributed by atoms with Gasteiger partial charge in [-0.2, -0.15) is 0 Å². The number of anilines is 1. The van der Waals surface area contributed by atoms with Crippen LogP contribution in [0, 0.1) is 6.92 Å². The molecule has 0 aliphatic heterocycles. The van der Waals surface area contributed by atoms with Gasteiger partial charge in [0.25, 0.3) is 0 Å². The number of methoxy groups -OCH3 is 2. The van der Waals surface area contributed by atoms with Crippen molar-refractivity contribution >= 4 is 27.5 Å². The topological polar surface area (TPSA) is 105 Å². The van der Waals surface area contributed by atoms with Crippen molar-refractivity contribution in [1.82, 2.24) is 10.2 Å². The molecule has 2 amide bonds. The van der Waals surface area contributed by atoms with Gasteiger partial charge < -0.3 is 19.7 Å². The standard InChI is InChI=1S/C33H41N3O6S/c1-24-11-10-14-26(19-24)22-35(30(20-25-12-6-5-7-13-25)33(38)34-27-15-8-9-16-27)32(37)23-36(43(4,39)40)29-21-28(41-2)17-18-31(29)42-3/h5-7,10-14,17-19,21,27,30H,8-9,15-16,20,22-23H2,1-4H3,(H,34,38). The molecule has 0 saturated heterocycles. The van der Waals surface area contributed by atoms with Crippen molar-refractivity contribution in [2.75, 3.05) is 31.3 Å². The van der Waals surface area contributed by atoms with Crippen molar-refractivity contribution < 1.29 is 27.5 Å². The summed E-state index contributed by atoms with van der Waals surface area (Å²) in [7, 11) is -1.05. The summed E-state index contributed by atoms with van der Waals surface area (Å²) in [5.74, 6) is -0.0867. The van der Waals surface area contributed by atoms with Crippen LogP contribution in [0.15, 0.2) is 72.8 Å². The monoisotopic (exact) mass is 607 g/mol. The van der Waals surface area contributed by atoms with E-state index in [9.17, 15) is 18.0 Å². The van der Waals surface area contributed by atoms with Gasteiger partial charge in [-0.1, -0.05) is 73.0 Å². The predicted octanol–water partition coefficient (Wildman–Crippen LogP) is 4.48. The van der Waals surface area contributed by atoms with Gasteiger partial charge in [0.15, 0.2) is 0 Å². The summed E-state index contributed by atoms with van der Waals surface area (Å²) in [6.45, 7) is 1.56. The Hall–Kier alpha value is -4.05. The first-order valence-electron chi connectivity index (χ1n) is 14.5. The van der Waals surface area contributed by atoms with E-state index in [1.165, 1.54) is 25.2 Å². The van der Waals surface area contributed by atoms with Crippen LogP contribution in [0.2, 0.25) is 0 Å². The minimum absolute atomic E-state index is 0.0512. The highest BCUT2D eigenvalue weighted by Gasteiger charge is 2.35. The number of rotatable bonds is 13. The normalized spacial score (nSPS) is 14.1. The van der Waals surface area contributed by atoms with E-state index >= 15 is 0 Å². The molecule has 1 saturated carbocycles. The van der Waals surface area contributed by atoms with E-state index in [-0.39, 0.29) is 36.4 Å². The molecule has 3 aromatic rings. The summed E-state index contributed by atoms with van der Waals surface area (Å²) in [5, 5.41) is 3.18. The Morgan fingerprint density at radius 2 is 1.63 bits per heavy atom. The van der Waals surface area contributed by atoms with Crippen LogP contribution in [0.4, 0.5) is 5.69 Å². The van der Waals surface area contributed by atoms with Crippen LogP contribution < -0.4 is 19.1 Å². The maximum atomic E-state index is 14.4. The highest BCUT2D eigenvalue weighted by atomic mass is 32.2. The van der Waals surface area contributed by atoms with E-state index in [0.717, 1.165) is 52.9 Å². The number of nitrogens with one attached hydrogen (secondary N) is 1. The number of carbonyl (C=O) groups is 2. The molecule has 1 unspecified atom stereocenters. The van der Waals surface area contributed by atoms with E-state index in [1.807, 2.05) is 61.5 Å². The summed E-state index contributed by atoms with van der Waals surface area (Å²) in [6, 6.07) is 21.2. The number of ether oxygens (including phenoxy) is 2. The number of sulfonamides is 1. The fraction of sp³-hybridized carbons (Fsp3) is 0.394. The average Bonchev–Trinajstić information content (AvgIpc) is 3.50. The molecule has 1 N–H and O–H groups in total. The number of benzene rings is 3. The van der Waals surface area contributed by atoms with Crippen molar-refractivity contribution in [1.29, 1.82) is 0 Å². The molecule has 1 fully saturated rings. The minimum Gasteiger partial charge on any atom is -0.497 e. The van der Waals surface area contributed by atoms with Gasteiger partial charge in [-0.05, 0) is 43.0 Å². The summed E-state index contributed by atoms with van der Waals surface area (Å²) >= 11 is 0. The molecule has 0 bridgehead atoms. The quantitative estimate of drug-likeness (QED) is 0.307. The third kappa shape index (κ3) is 8.50.